The van der Waals surface area contributed by atoms with E-state index < -0.39 is 0 Å². The van der Waals surface area contributed by atoms with Crippen molar-refractivity contribution in [1.29, 1.82) is 0 Å². The van der Waals surface area contributed by atoms with E-state index in [0.717, 1.165) is 4.76 Å². The van der Waals surface area contributed by atoms with Gasteiger partial charge in [-0.3, -0.25) is 4.90 Å². The molecule has 88 valence electrons. The highest BCUT2D eigenvalue weighted by atomic mass is 16.3. The van der Waals surface area contributed by atoms with E-state index >= 15 is 0 Å². The van der Waals surface area contributed by atoms with Gasteiger partial charge >= 0.3 is 0 Å². The molecule has 1 aliphatic rings. The normalized spacial score (nSPS) is 30.5. The Morgan fingerprint density at radius 2 is 1.93 bits per heavy atom. The van der Waals surface area contributed by atoms with Gasteiger partial charge in [0.25, 0.3) is 0 Å². The second-order valence-electron chi connectivity index (χ2n) is 5.63. The Morgan fingerprint density at radius 1 is 1.40 bits per heavy atom. The lowest BCUT2D eigenvalue weighted by atomic mass is 9.82. The molecule has 1 saturated heterocycles. The monoisotopic (exact) mass is 215 g/mol. The Hall–Kier alpha value is -0.480. The number of rotatable bonds is 2. The number of aliphatic hydroxyl groups excluding tert-OH is 1. The summed E-state index contributed by atoms with van der Waals surface area (Å²) in [5.74, 6) is 0. The summed E-state index contributed by atoms with van der Waals surface area (Å²) in [4.78, 5) is 14.2. The largest absolute Gasteiger partial charge is 0.396 e. The maximum Gasteiger partial charge on any atom is 0.221 e. The van der Waals surface area contributed by atoms with Crippen LogP contribution in [0.4, 0.5) is 0 Å². The molecule has 4 nitrogen and oxygen atoms in total. The third-order valence-electron chi connectivity index (χ3n) is 3.88. The van der Waals surface area contributed by atoms with Crippen molar-refractivity contribution < 1.29 is 9.87 Å². The predicted molar refractivity (Wildman–Crippen MR) is 59.9 cm³/mol. The molecule has 1 atom stereocenters. The topological polar surface area (TPSA) is 43.5 Å². The fraction of sp³-hybridized carbons (Fsp3) is 1.00. The molecule has 1 rings (SSSR count). The number of hydrogen-bond acceptors (Lipinski definition) is 3. The van der Waals surface area contributed by atoms with Gasteiger partial charge in [0.2, 0.25) is 12.6 Å². The van der Waals surface area contributed by atoms with Crippen LogP contribution in [0.2, 0.25) is 0 Å². The minimum atomic E-state index is -0.202. The van der Waals surface area contributed by atoms with Crippen LogP contribution in [0.1, 0.15) is 34.1 Å². The summed E-state index contributed by atoms with van der Waals surface area (Å²) in [6.07, 6.45) is 0.539. The number of hydrogen-bond donors (Lipinski definition) is 1. The molecule has 1 aliphatic heterocycles. The first-order chi connectivity index (χ1) is 6.73. The van der Waals surface area contributed by atoms with Crippen LogP contribution < -0.4 is 0 Å². The summed E-state index contributed by atoms with van der Waals surface area (Å²) in [5.41, 5.74) is -0.316. The second kappa shape index (κ2) is 3.83. The van der Waals surface area contributed by atoms with E-state index in [1.165, 1.54) is 0 Å². The molecule has 0 radical (unpaired) electrons. The predicted octanol–water partition coefficient (Wildman–Crippen LogP) is 1.02. The van der Waals surface area contributed by atoms with Crippen molar-refractivity contribution in [3.8, 4) is 0 Å². The standard InChI is InChI=1S/C11H23N2O2/c1-10(2)8-13(15)9(6-7-14)11(3,4)12(10)5/h9,14H,6-8H2,1-5H3/q+1. The minimum Gasteiger partial charge on any atom is -0.396 e. The summed E-state index contributed by atoms with van der Waals surface area (Å²) >= 11 is 0. The van der Waals surface area contributed by atoms with Crippen LogP contribution in [0, 0.1) is 4.91 Å². The quantitative estimate of drug-likeness (QED) is 0.699. The Labute approximate surface area is 91.8 Å². The fourth-order valence-corrected chi connectivity index (χ4v) is 2.57. The van der Waals surface area contributed by atoms with E-state index in [0.29, 0.717) is 13.0 Å². The molecule has 0 saturated carbocycles. The van der Waals surface area contributed by atoms with E-state index in [-0.39, 0.29) is 23.7 Å². The maximum absolute atomic E-state index is 11.9. The Morgan fingerprint density at radius 3 is 2.40 bits per heavy atom. The molecule has 1 fully saturated rings. The second-order valence-corrected chi connectivity index (χ2v) is 5.63. The zero-order valence-electron chi connectivity index (χ0n) is 10.4. The van der Waals surface area contributed by atoms with Gasteiger partial charge < -0.3 is 5.11 Å². The van der Waals surface area contributed by atoms with Crippen molar-refractivity contribution in [3.05, 3.63) is 4.91 Å². The summed E-state index contributed by atoms with van der Waals surface area (Å²) in [7, 11) is 2.05. The molecule has 4 heteroatoms. The zero-order valence-corrected chi connectivity index (χ0v) is 10.4. The Bertz CT molecular complexity index is 261. The van der Waals surface area contributed by atoms with Crippen LogP contribution in [0.25, 0.3) is 0 Å². The lowest BCUT2D eigenvalue weighted by Gasteiger charge is -2.49. The fourth-order valence-electron chi connectivity index (χ4n) is 2.57. The molecule has 15 heavy (non-hydrogen) atoms. The first kappa shape index (κ1) is 12.6. The average molecular weight is 215 g/mol. The number of likely N-dealkylation sites (N-methyl/N-ethyl adjacent to an activating group) is 1. The third-order valence-corrected chi connectivity index (χ3v) is 3.88. The molecule has 0 spiro atoms. The number of aliphatic hydroxyl groups is 1. The van der Waals surface area contributed by atoms with Gasteiger partial charge in [0, 0.05) is 22.7 Å². The average Bonchev–Trinajstić information content (AvgIpc) is 2.09. The Kier molecular flexibility index (Phi) is 3.22. The van der Waals surface area contributed by atoms with E-state index in [2.05, 4.69) is 39.6 Å². The first-order valence-electron chi connectivity index (χ1n) is 5.52. The summed E-state index contributed by atoms with van der Waals surface area (Å²) in [5, 5.41) is 9.00. The molecule has 0 amide bonds. The van der Waals surface area contributed by atoms with Crippen LogP contribution in [0.15, 0.2) is 0 Å². The van der Waals surface area contributed by atoms with Gasteiger partial charge in [0.05, 0.1) is 11.1 Å². The van der Waals surface area contributed by atoms with Crippen molar-refractivity contribution in [3.63, 3.8) is 0 Å². The molecule has 0 aromatic carbocycles. The van der Waals surface area contributed by atoms with E-state index in [1.54, 1.807) is 0 Å². The molecular weight excluding hydrogens is 192 g/mol. The van der Waals surface area contributed by atoms with Crippen LogP contribution in [0.5, 0.6) is 0 Å². The van der Waals surface area contributed by atoms with Crippen molar-refractivity contribution in [2.24, 2.45) is 0 Å². The first-order valence-corrected chi connectivity index (χ1v) is 5.52. The highest BCUT2D eigenvalue weighted by Gasteiger charge is 2.54. The molecular formula is C11H23N2O2+. The summed E-state index contributed by atoms with van der Waals surface area (Å²) in [6, 6.07) is -0.125. The van der Waals surface area contributed by atoms with Gasteiger partial charge in [-0.25, -0.2) is 0 Å². The highest BCUT2D eigenvalue weighted by Crippen LogP contribution is 2.34. The third kappa shape index (κ3) is 2.06. The van der Waals surface area contributed by atoms with E-state index in [4.69, 9.17) is 5.11 Å². The maximum atomic E-state index is 11.9. The molecule has 0 aliphatic carbocycles. The number of piperazine rings is 1. The van der Waals surface area contributed by atoms with E-state index in [1.807, 2.05) is 0 Å². The summed E-state index contributed by atoms with van der Waals surface area (Å²) in [6.45, 7) is 8.86. The molecule has 1 N–H and O–H groups in total. The van der Waals surface area contributed by atoms with Crippen LogP contribution in [0.3, 0.4) is 0 Å². The van der Waals surface area contributed by atoms with Crippen molar-refractivity contribution in [2.75, 3.05) is 20.2 Å². The van der Waals surface area contributed by atoms with Gasteiger partial charge in [-0.15, -0.1) is 0 Å². The van der Waals surface area contributed by atoms with Gasteiger partial charge in [-0.2, -0.15) is 0 Å². The highest BCUT2D eigenvalue weighted by molar-refractivity contribution is 4.98. The molecule has 1 heterocycles. The van der Waals surface area contributed by atoms with Crippen molar-refractivity contribution in [1.82, 2.24) is 4.90 Å². The number of nitroso groups, excluding NO2 is 1. The van der Waals surface area contributed by atoms with Crippen LogP contribution >= 0.6 is 0 Å². The van der Waals surface area contributed by atoms with Gasteiger partial charge in [0.1, 0.15) is 0 Å². The van der Waals surface area contributed by atoms with Crippen LogP contribution in [-0.2, 0) is 0 Å². The van der Waals surface area contributed by atoms with Gasteiger partial charge in [0.15, 0.2) is 0 Å². The van der Waals surface area contributed by atoms with Crippen molar-refractivity contribution >= 4 is 0 Å². The van der Waals surface area contributed by atoms with Gasteiger partial charge in [-0.1, -0.05) is 0 Å². The van der Waals surface area contributed by atoms with E-state index in [9.17, 15) is 4.91 Å². The number of nitrogens with zero attached hydrogens (tertiary/aromatic N) is 2. The summed E-state index contributed by atoms with van der Waals surface area (Å²) < 4.78 is 1.14. The molecule has 0 aromatic rings. The molecule has 1 unspecified atom stereocenters. The van der Waals surface area contributed by atoms with Gasteiger partial charge in [-0.05, 0) is 34.7 Å². The minimum absolute atomic E-state index is 0.0705. The SMILES string of the molecule is CN1C(C)(C)C[N+](=O)C(CCO)C1(C)C. The molecule has 0 aromatic heterocycles. The smallest absolute Gasteiger partial charge is 0.221 e. The molecule has 0 bridgehead atoms. The zero-order chi connectivity index (χ0) is 11.9. The Balaban J connectivity index is 2.99. The lowest BCUT2D eigenvalue weighted by Crippen LogP contribution is -2.69. The lowest BCUT2D eigenvalue weighted by molar-refractivity contribution is -0.627. The van der Waals surface area contributed by atoms with Crippen molar-refractivity contribution in [2.45, 2.75) is 51.2 Å². The van der Waals surface area contributed by atoms with Crippen LogP contribution in [-0.4, -0.2) is 52.1 Å².